The first-order valence-electron chi connectivity index (χ1n) is 6.31. The van der Waals surface area contributed by atoms with Gasteiger partial charge in [-0.3, -0.25) is 0 Å². The van der Waals surface area contributed by atoms with Crippen molar-refractivity contribution in [2.24, 2.45) is 0 Å². The van der Waals surface area contributed by atoms with E-state index in [1.807, 2.05) is 0 Å². The van der Waals surface area contributed by atoms with E-state index in [0.29, 0.717) is 12.1 Å². The van der Waals surface area contributed by atoms with Crippen LogP contribution < -0.4 is 0 Å². The molecule has 0 radical (unpaired) electrons. The van der Waals surface area contributed by atoms with E-state index >= 15 is 0 Å². The number of carboxylic acid groups (broad SMARTS) is 1. The Morgan fingerprint density at radius 3 is 2.80 bits per heavy atom. The van der Waals surface area contributed by atoms with Gasteiger partial charge in [-0.05, 0) is 36.8 Å². The van der Waals surface area contributed by atoms with E-state index in [1.165, 1.54) is 9.75 Å². The lowest BCUT2D eigenvalue weighted by molar-refractivity contribution is 0.0697. The molecule has 0 atom stereocenters. The summed E-state index contributed by atoms with van der Waals surface area (Å²) in [5.41, 5.74) is 1.69. The molecule has 2 aromatic heterocycles. The Labute approximate surface area is 119 Å². The van der Waals surface area contributed by atoms with Gasteiger partial charge >= 0.3 is 5.97 Å². The third-order valence-corrected chi connectivity index (χ3v) is 4.35. The Balaban J connectivity index is 1.94. The topological polar surface area (TPSA) is 68.0 Å². The number of aryl methyl sites for hydroxylation is 1. The van der Waals surface area contributed by atoms with Gasteiger partial charge in [-0.1, -0.05) is 12.1 Å². The lowest BCUT2D eigenvalue weighted by atomic mass is 10.2. The minimum absolute atomic E-state index is 0.231. The number of hydrogen-bond donors (Lipinski definition) is 1. The molecule has 0 aliphatic carbocycles. The van der Waals surface area contributed by atoms with E-state index in [4.69, 9.17) is 5.11 Å². The van der Waals surface area contributed by atoms with Crippen LogP contribution in [0.5, 0.6) is 0 Å². The molecule has 2 heterocycles. The Bertz CT molecular complexity index is 776. The Morgan fingerprint density at radius 2 is 2.10 bits per heavy atom. The van der Waals surface area contributed by atoms with Gasteiger partial charge in [-0.15, -0.1) is 16.4 Å². The van der Waals surface area contributed by atoms with E-state index in [2.05, 4.69) is 29.4 Å². The molecule has 0 saturated carbocycles. The number of benzene rings is 1. The van der Waals surface area contributed by atoms with Crippen LogP contribution in [0.2, 0.25) is 0 Å². The van der Waals surface area contributed by atoms with Gasteiger partial charge in [-0.2, -0.15) is 0 Å². The van der Waals surface area contributed by atoms with Gasteiger partial charge < -0.3 is 5.11 Å². The summed E-state index contributed by atoms with van der Waals surface area (Å²) in [6.07, 6.45) is 1.03. The molecule has 0 saturated heterocycles. The third kappa shape index (κ3) is 2.30. The molecule has 102 valence electrons. The molecular formula is C14H13N3O2S. The first-order chi connectivity index (χ1) is 9.67. The van der Waals surface area contributed by atoms with Gasteiger partial charge in [0.1, 0.15) is 5.52 Å². The number of hydrogen-bond acceptors (Lipinski definition) is 4. The average Bonchev–Trinajstić information content (AvgIpc) is 3.06. The van der Waals surface area contributed by atoms with Gasteiger partial charge in [0.15, 0.2) is 0 Å². The van der Waals surface area contributed by atoms with Crippen LogP contribution in [0.25, 0.3) is 11.0 Å². The second-order valence-corrected chi connectivity index (χ2v) is 5.73. The largest absolute Gasteiger partial charge is 0.478 e. The van der Waals surface area contributed by atoms with Crippen LogP contribution in [-0.4, -0.2) is 26.1 Å². The molecule has 3 aromatic rings. The van der Waals surface area contributed by atoms with Crippen molar-refractivity contribution >= 4 is 28.3 Å². The molecule has 20 heavy (non-hydrogen) atoms. The maximum atomic E-state index is 10.9. The van der Waals surface area contributed by atoms with E-state index in [0.717, 1.165) is 11.9 Å². The molecule has 3 rings (SSSR count). The molecule has 6 heteroatoms. The van der Waals surface area contributed by atoms with E-state index < -0.39 is 5.97 Å². The minimum Gasteiger partial charge on any atom is -0.478 e. The van der Waals surface area contributed by atoms with Crippen molar-refractivity contribution in [2.45, 2.75) is 19.9 Å². The summed E-state index contributed by atoms with van der Waals surface area (Å²) in [5, 5.41) is 17.1. The van der Waals surface area contributed by atoms with E-state index in [1.54, 1.807) is 34.2 Å². The number of carboxylic acids is 1. The van der Waals surface area contributed by atoms with Crippen molar-refractivity contribution in [3.8, 4) is 0 Å². The monoisotopic (exact) mass is 287 g/mol. The number of aromatic carboxylic acids is 1. The zero-order chi connectivity index (χ0) is 14.1. The Kier molecular flexibility index (Phi) is 3.23. The molecule has 1 N–H and O–H groups in total. The lowest BCUT2D eigenvalue weighted by Crippen LogP contribution is -2.00. The van der Waals surface area contributed by atoms with Crippen LogP contribution >= 0.6 is 11.3 Å². The first-order valence-corrected chi connectivity index (χ1v) is 7.13. The number of aromatic nitrogens is 3. The molecule has 0 aliphatic heterocycles. The fraction of sp³-hybridized carbons (Fsp3) is 0.214. The zero-order valence-electron chi connectivity index (χ0n) is 10.9. The highest BCUT2D eigenvalue weighted by molar-refractivity contribution is 7.11. The van der Waals surface area contributed by atoms with Gasteiger partial charge in [-0.25, -0.2) is 9.48 Å². The first kappa shape index (κ1) is 12.8. The molecule has 0 fully saturated rings. The summed E-state index contributed by atoms with van der Waals surface area (Å²) in [6.45, 7) is 2.79. The molecular weight excluding hydrogens is 274 g/mol. The smallest absolute Gasteiger partial charge is 0.335 e. The van der Waals surface area contributed by atoms with Crippen LogP contribution in [0.1, 0.15) is 27.0 Å². The second-order valence-electron chi connectivity index (χ2n) is 4.48. The van der Waals surface area contributed by atoms with Crippen molar-refractivity contribution in [2.75, 3.05) is 0 Å². The maximum absolute atomic E-state index is 10.9. The standard InChI is InChI=1S/C14H13N3O2S/c1-2-10-4-5-11(20-10)8-17-13-6-3-9(14(18)19)7-12(13)15-16-17/h3-7H,2,8H2,1H3,(H,18,19). The number of carbonyl (C=O) groups is 1. The fourth-order valence-corrected chi connectivity index (χ4v) is 3.01. The molecule has 0 bridgehead atoms. The number of thiophene rings is 1. The van der Waals surface area contributed by atoms with Gasteiger partial charge in [0.05, 0.1) is 17.6 Å². The fourth-order valence-electron chi connectivity index (χ4n) is 2.07. The van der Waals surface area contributed by atoms with Crippen LogP contribution in [0.4, 0.5) is 0 Å². The molecule has 0 unspecified atom stereocenters. The predicted octanol–water partition coefficient (Wildman–Crippen LogP) is 2.80. The summed E-state index contributed by atoms with van der Waals surface area (Å²) in [5.74, 6) is -0.952. The highest BCUT2D eigenvalue weighted by Gasteiger charge is 2.10. The average molecular weight is 287 g/mol. The lowest BCUT2D eigenvalue weighted by Gasteiger charge is -2.00. The van der Waals surface area contributed by atoms with Crippen molar-refractivity contribution < 1.29 is 9.90 Å². The third-order valence-electron chi connectivity index (χ3n) is 3.13. The molecule has 5 nitrogen and oxygen atoms in total. The molecule has 0 spiro atoms. The number of rotatable bonds is 4. The van der Waals surface area contributed by atoms with E-state index in [9.17, 15) is 4.79 Å². The number of nitrogens with zero attached hydrogens (tertiary/aromatic N) is 3. The quantitative estimate of drug-likeness (QED) is 0.801. The molecule has 1 aromatic carbocycles. The van der Waals surface area contributed by atoms with E-state index in [-0.39, 0.29) is 5.56 Å². The zero-order valence-corrected chi connectivity index (χ0v) is 11.7. The molecule has 0 aliphatic rings. The summed E-state index contributed by atoms with van der Waals surface area (Å²) in [4.78, 5) is 13.5. The Hall–Kier alpha value is -2.21. The highest BCUT2D eigenvalue weighted by atomic mass is 32.1. The van der Waals surface area contributed by atoms with Crippen molar-refractivity contribution in [3.05, 3.63) is 45.6 Å². The normalized spacial score (nSPS) is 11.1. The van der Waals surface area contributed by atoms with Crippen molar-refractivity contribution in [1.82, 2.24) is 15.0 Å². The number of fused-ring (bicyclic) bond motifs is 1. The van der Waals surface area contributed by atoms with Crippen LogP contribution in [0.3, 0.4) is 0 Å². The molecule has 0 amide bonds. The predicted molar refractivity (Wildman–Crippen MR) is 77.3 cm³/mol. The van der Waals surface area contributed by atoms with Crippen molar-refractivity contribution in [3.63, 3.8) is 0 Å². The second kappa shape index (κ2) is 5.05. The minimum atomic E-state index is -0.952. The van der Waals surface area contributed by atoms with Gasteiger partial charge in [0.25, 0.3) is 0 Å². The van der Waals surface area contributed by atoms with Gasteiger partial charge in [0, 0.05) is 9.75 Å². The summed E-state index contributed by atoms with van der Waals surface area (Å²) < 4.78 is 1.80. The van der Waals surface area contributed by atoms with Crippen LogP contribution in [0, 0.1) is 0 Å². The van der Waals surface area contributed by atoms with Crippen LogP contribution in [-0.2, 0) is 13.0 Å². The highest BCUT2D eigenvalue weighted by Crippen LogP contribution is 2.20. The summed E-state index contributed by atoms with van der Waals surface area (Å²) >= 11 is 1.76. The Morgan fingerprint density at radius 1 is 1.30 bits per heavy atom. The van der Waals surface area contributed by atoms with Crippen molar-refractivity contribution in [1.29, 1.82) is 0 Å². The summed E-state index contributed by atoms with van der Waals surface area (Å²) in [7, 11) is 0. The SMILES string of the molecule is CCc1ccc(Cn2nnc3cc(C(=O)O)ccc32)s1. The van der Waals surface area contributed by atoms with Crippen LogP contribution in [0.15, 0.2) is 30.3 Å². The summed E-state index contributed by atoms with van der Waals surface area (Å²) in [6, 6.07) is 9.11. The van der Waals surface area contributed by atoms with Gasteiger partial charge in [0.2, 0.25) is 0 Å². The maximum Gasteiger partial charge on any atom is 0.335 e.